The molecule has 0 radical (unpaired) electrons. The fourth-order valence-corrected chi connectivity index (χ4v) is 3.29. The summed E-state index contributed by atoms with van der Waals surface area (Å²) in [4.78, 5) is 15.0. The van der Waals surface area contributed by atoms with Crippen LogP contribution in [0.4, 0.5) is 5.69 Å². The number of carbonyl (C=O) groups excluding carboxylic acids is 1. The van der Waals surface area contributed by atoms with Gasteiger partial charge in [-0.1, -0.05) is 39.0 Å². The molecule has 2 unspecified atom stereocenters. The second-order valence-electron chi connectivity index (χ2n) is 7.59. The summed E-state index contributed by atoms with van der Waals surface area (Å²) in [6, 6.07) is 6.06. The number of rotatable bonds is 5. The van der Waals surface area contributed by atoms with E-state index in [9.17, 15) is 4.79 Å². The second kappa shape index (κ2) is 7.02. The number of likely N-dealkylation sites (tertiary alicyclic amines) is 1. The number of carbonyl (C=O) groups is 1. The summed E-state index contributed by atoms with van der Waals surface area (Å²) in [6.07, 6.45) is 1.06. The molecule has 1 amide bonds. The summed E-state index contributed by atoms with van der Waals surface area (Å²) >= 11 is 0. The van der Waals surface area contributed by atoms with E-state index in [1.54, 1.807) is 0 Å². The van der Waals surface area contributed by atoms with Crippen LogP contribution in [-0.4, -0.2) is 36.5 Å². The van der Waals surface area contributed by atoms with Gasteiger partial charge in [0.2, 0.25) is 5.91 Å². The van der Waals surface area contributed by atoms with Gasteiger partial charge >= 0.3 is 0 Å². The van der Waals surface area contributed by atoms with Crippen LogP contribution in [0.25, 0.3) is 0 Å². The van der Waals surface area contributed by atoms with Gasteiger partial charge in [0.1, 0.15) is 0 Å². The molecular weight excluding hydrogens is 286 g/mol. The van der Waals surface area contributed by atoms with Crippen molar-refractivity contribution in [3.63, 3.8) is 0 Å². The van der Waals surface area contributed by atoms with Crippen LogP contribution in [0.3, 0.4) is 0 Å². The fourth-order valence-electron chi connectivity index (χ4n) is 3.29. The molecule has 0 saturated carbocycles. The SMILES string of the molecule is Cc1cccc(C(C)C)c1NC(=O)C(C)N1CCC(C)(CN)C1. The van der Waals surface area contributed by atoms with Crippen molar-refractivity contribution in [2.45, 2.75) is 53.0 Å². The third-order valence-corrected chi connectivity index (χ3v) is 5.18. The van der Waals surface area contributed by atoms with Crippen LogP contribution in [-0.2, 0) is 4.79 Å². The Morgan fingerprint density at radius 2 is 2.09 bits per heavy atom. The summed E-state index contributed by atoms with van der Waals surface area (Å²) in [7, 11) is 0. The topological polar surface area (TPSA) is 58.4 Å². The highest BCUT2D eigenvalue weighted by Crippen LogP contribution is 2.31. The van der Waals surface area contributed by atoms with Gasteiger partial charge in [-0.2, -0.15) is 0 Å². The van der Waals surface area contributed by atoms with Crippen LogP contribution in [0.5, 0.6) is 0 Å². The Hall–Kier alpha value is -1.39. The van der Waals surface area contributed by atoms with Crippen molar-refractivity contribution in [1.29, 1.82) is 0 Å². The number of nitrogens with zero attached hydrogens (tertiary/aromatic N) is 1. The van der Waals surface area contributed by atoms with E-state index in [-0.39, 0.29) is 17.4 Å². The van der Waals surface area contributed by atoms with E-state index in [0.29, 0.717) is 12.5 Å². The van der Waals surface area contributed by atoms with E-state index < -0.39 is 0 Å². The number of aryl methyl sites for hydroxylation is 1. The van der Waals surface area contributed by atoms with Crippen LogP contribution in [0.2, 0.25) is 0 Å². The van der Waals surface area contributed by atoms with E-state index in [1.807, 2.05) is 19.9 Å². The maximum Gasteiger partial charge on any atom is 0.241 e. The zero-order valence-corrected chi connectivity index (χ0v) is 15.1. The molecule has 2 rings (SSSR count). The van der Waals surface area contributed by atoms with Gasteiger partial charge in [-0.05, 0) is 55.8 Å². The Kier molecular flexibility index (Phi) is 5.48. The molecule has 0 aromatic heterocycles. The Bertz CT molecular complexity index is 570. The molecule has 3 N–H and O–H groups in total. The van der Waals surface area contributed by atoms with Crippen LogP contribution >= 0.6 is 0 Å². The third kappa shape index (κ3) is 3.93. The van der Waals surface area contributed by atoms with Crippen LogP contribution in [0, 0.1) is 12.3 Å². The normalized spacial score (nSPS) is 23.3. The molecule has 0 aliphatic carbocycles. The minimum atomic E-state index is -0.136. The van der Waals surface area contributed by atoms with Crippen molar-refractivity contribution >= 4 is 11.6 Å². The lowest BCUT2D eigenvalue weighted by atomic mass is 9.90. The van der Waals surface area contributed by atoms with Crippen molar-refractivity contribution in [1.82, 2.24) is 4.90 Å². The van der Waals surface area contributed by atoms with Gasteiger partial charge in [-0.3, -0.25) is 9.69 Å². The van der Waals surface area contributed by atoms with Crippen LogP contribution < -0.4 is 11.1 Å². The van der Waals surface area contributed by atoms with Crippen molar-refractivity contribution in [2.24, 2.45) is 11.1 Å². The highest BCUT2D eigenvalue weighted by Gasteiger charge is 2.36. The van der Waals surface area contributed by atoms with E-state index in [1.165, 1.54) is 5.56 Å². The summed E-state index contributed by atoms with van der Waals surface area (Å²) in [5, 5.41) is 3.17. The molecule has 1 heterocycles. The molecule has 0 spiro atoms. The quantitative estimate of drug-likeness (QED) is 0.877. The zero-order chi connectivity index (χ0) is 17.2. The smallest absolute Gasteiger partial charge is 0.241 e. The summed E-state index contributed by atoms with van der Waals surface area (Å²) in [5.41, 5.74) is 9.30. The van der Waals surface area contributed by atoms with Gasteiger partial charge in [0, 0.05) is 12.2 Å². The number of amides is 1. The number of nitrogens with one attached hydrogen (secondary N) is 1. The number of hydrogen-bond donors (Lipinski definition) is 2. The molecule has 4 nitrogen and oxygen atoms in total. The Balaban J connectivity index is 2.11. The van der Waals surface area contributed by atoms with E-state index in [2.05, 4.69) is 43.1 Å². The number of para-hydroxylation sites is 1. The molecule has 1 aromatic carbocycles. The maximum absolute atomic E-state index is 12.7. The molecule has 1 aliphatic heterocycles. The largest absolute Gasteiger partial charge is 0.330 e. The van der Waals surface area contributed by atoms with E-state index in [0.717, 1.165) is 30.8 Å². The van der Waals surface area contributed by atoms with Gasteiger partial charge in [-0.15, -0.1) is 0 Å². The predicted octanol–water partition coefficient (Wildman–Crippen LogP) is 3.12. The van der Waals surface area contributed by atoms with Gasteiger partial charge in [-0.25, -0.2) is 0 Å². The highest BCUT2D eigenvalue weighted by molar-refractivity contribution is 5.96. The van der Waals surface area contributed by atoms with Crippen molar-refractivity contribution in [3.8, 4) is 0 Å². The molecule has 1 aliphatic rings. The first-order valence-electron chi connectivity index (χ1n) is 8.62. The van der Waals surface area contributed by atoms with Gasteiger partial charge in [0.15, 0.2) is 0 Å². The first-order valence-corrected chi connectivity index (χ1v) is 8.62. The maximum atomic E-state index is 12.7. The van der Waals surface area contributed by atoms with Gasteiger partial charge in [0.25, 0.3) is 0 Å². The molecule has 0 bridgehead atoms. The predicted molar refractivity (Wildman–Crippen MR) is 96.7 cm³/mol. The summed E-state index contributed by atoms with van der Waals surface area (Å²) in [6.45, 7) is 13.1. The van der Waals surface area contributed by atoms with Crippen molar-refractivity contribution < 1.29 is 4.79 Å². The standard InChI is InChI=1S/C19H31N3O/c1-13(2)16-8-6-7-14(3)17(16)21-18(23)15(4)22-10-9-19(5,11-20)12-22/h6-8,13,15H,9-12,20H2,1-5H3,(H,21,23). The molecule has 1 aromatic rings. The number of hydrogen-bond acceptors (Lipinski definition) is 3. The lowest BCUT2D eigenvalue weighted by Gasteiger charge is -2.27. The van der Waals surface area contributed by atoms with Crippen molar-refractivity contribution in [3.05, 3.63) is 29.3 Å². The highest BCUT2D eigenvalue weighted by atomic mass is 16.2. The average molecular weight is 317 g/mol. The summed E-state index contributed by atoms with van der Waals surface area (Å²) in [5.74, 6) is 0.454. The monoisotopic (exact) mass is 317 g/mol. The minimum Gasteiger partial charge on any atom is -0.330 e. The van der Waals surface area contributed by atoms with E-state index >= 15 is 0 Å². The lowest BCUT2D eigenvalue weighted by Crippen LogP contribution is -2.42. The summed E-state index contributed by atoms with van der Waals surface area (Å²) < 4.78 is 0. The van der Waals surface area contributed by atoms with Gasteiger partial charge in [0.05, 0.1) is 6.04 Å². The second-order valence-corrected chi connectivity index (χ2v) is 7.59. The van der Waals surface area contributed by atoms with Crippen LogP contribution in [0.1, 0.15) is 51.2 Å². The number of anilines is 1. The Morgan fingerprint density at radius 1 is 1.39 bits per heavy atom. The lowest BCUT2D eigenvalue weighted by molar-refractivity contribution is -0.120. The first-order chi connectivity index (χ1) is 10.8. The molecule has 23 heavy (non-hydrogen) atoms. The average Bonchev–Trinajstić information content (AvgIpc) is 2.91. The third-order valence-electron chi connectivity index (χ3n) is 5.18. The molecule has 2 atom stereocenters. The van der Waals surface area contributed by atoms with Gasteiger partial charge < -0.3 is 11.1 Å². The van der Waals surface area contributed by atoms with Crippen molar-refractivity contribution in [2.75, 3.05) is 25.0 Å². The molecule has 4 heteroatoms. The molecule has 1 fully saturated rings. The number of benzene rings is 1. The minimum absolute atomic E-state index is 0.0717. The Labute approximate surface area is 140 Å². The fraction of sp³-hybridized carbons (Fsp3) is 0.632. The molecular formula is C19H31N3O. The molecule has 128 valence electrons. The van der Waals surface area contributed by atoms with E-state index in [4.69, 9.17) is 5.73 Å². The zero-order valence-electron chi connectivity index (χ0n) is 15.1. The number of nitrogens with two attached hydrogens (primary N) is 1. The first kappa shape index (κ1) is 18.0. The van der Waals surface area contributed by atoms with Crippen LogP contribution in [0.15, 0.2) is 18.2 Å². The molecule has 1 saturated heterocycles. The Morgan fingerprint density at radius 3 is 2.65 bits per heavy atom.